The van der Waals surface area contributed by atoms with Gasteiger partial charge in [0.05, 0.1) is 39.8 Å². The maximum atomic E-state index is 13.1. The van der Waals surface area contributed by atoms with E-state index >= 15 is 0 Å². The number of sulfonamides is 1. The van der Waals surface area contributed by atoms with E-state index in [0.29, 0.717) is 54.9 Å². The molecule has 0 aliphatic carbocycles. The minimum Gasteiger partial charge on any atom is -0.466 e. The molecule has 1 fully saturated rings. The van der Waals surface area contributed by atoms with E-state index in [9.17, 15) is 18.0 Å². The van der Waals surface area contributed by atoms with Gasteiger partial charge in [0, 0.05) is 27.2 Å². The van der Waals surface area contributed by atoms with E-state index in [2.05, 4.69) is 9.62 Å². The predicted molar refractivity (Wildman–Crippen MR) is 127 cm³/mol. The van der Waals surface area contributed by atoms with Gasteiger partial charge in [-0.3, -0.25) is 18.7 Å². The summed E-state index contributed by atoms with van der Waals surface area (Å²) in [4.78, 5) is 26.8. The Labute approximate surface area is 192 Å². The first-order valence-electron chi connectivity index (χ1n) is 10.9. The van der Waals surface area contributed by atoms with Crippen molar-refractivity contribution in [2.45, 2.75) is 24.7 Å². The fourth-order valence-corrected chi connectivity index (χ4v) is 5.38. The molecule has 0 spiro atoms. The van der Waals surface area contributed by atoms with Gasteiger partial charge in [0.2, 0.25) is 0 Å². The summed E-state index contributed by atoms with van der Waals surface area (Å²) in [6.45, 7) is 3.27. The molecule has 10 heteroatoms. The molecule has 2 aromatic carbocycles. The molecule has 1 saturated heterocycles. The number of carbonyl (C=O) groups is 1. The van der Waals surface area contributed by atoms with Crippen LogP contribution in [0.2, 0.25) is 0 Å². The molecule has 1 aliphatic heterocycles. The third-order valence-corrected chi connectivity index (χ3v) is 7.52. The number of ether oxygens (including phenoxy) is 1. The fraction of sp³-hybridized carbons (Fsp3) is 0.391. The van der Waals surface area contributed by atoms with Crippen LogP contribution in [0.5, 0.6) is 0 Å². The number of esters is 1. The molecule has 9 nitrogen and oxygen atoms in total. The lowest BCUT2D eigenvalue weighted by atomic mass is 9.96. The molecule has 1 aliphatic rings. The van der Waals surface area contributed by atoms with Crippen molar-refractivity contribution in [3.05, 3.63) is 52.9 Å². The molecule has 4 rings (SSSR count). The number of fused-ring (bicyclic) bond motifs is 1. The Morgan fingerprint density at radius 1 is 1.06 bits per heavy atom. The zero-order valence-corrected chi connectivity index (χ0v) is 19.8. The van der Waals surface area contributed by atoms with Crippen molar-refractivity contribution in [3.8, 4) is 0 Å². The number of aromatic nitrogens is 2. The van der Waals surface area contributed by atoms with E-state index in [1.807, 2.05) is 6.07 Å². The van der Waals surface area contributed by atoms with E-state index in [0.717, 1.165) is 0 Å². The molecule has 0 bridgehead atoms. The van der Waals surface area contributed by atoms with Gasteiger partial charge in [0.25, 0.3) is 10.0 Å². The van der Waals surface area contributed by atoms with E-state index in [1.165, 1.54) is 16.7 Å². The number of piperidine rings is 1. The normalized spacial score (nSPS) is 15.1. The van der Waals surface area contributed by atoms with Gasteiger partial charge in [-0.25, -0.2) is 13.2 Å². The predicted octanol–water partition coefficient (Wildman–Crippen LogP) is 2.46. The van der Waals surface area contributed by atoms with E-state index in [1.54, 1.807) is 49.9 Å². The lowest BCUT2D eigenvalue weighted by Gasteiger charge is -2.34. The topological polar surface area (TPSA) is 103 Å². The Morgan fingerprint density at radius 3 is 2.27 bits per heavy atom. The van der Waals surface area contributed by atoms with Crippen LogP contribution in [0.1, 0.15) is 19.8 Å². The van der Waals surface area contributed by atoms with E-state index in [-0.39, 0.29) is 22.5 Å². The molecule has 3 aromatic rings. The molecule has 1 aromatic heterocycles. The molecule has 0 saturated carbocycles. The standard InChI is InChI=1S/C23H28N4O5S/c1-4-32-22(28)16-10-12-27(13-11-16)19-15-21-20(25(2)23(29)26(21)3)14-18(19)24-33(30,31)17-8-6-5-7-9-17/h5-9,14-16,24H,4,10-13H2,1-3H3. The van der Waals surface area contributed by atoms with Crippen LogP contribution in [0.25, 0.3) is 11.0 Å². The second-order valence-corrected chi connectivity index (χ2v) is 9.87. The first-order valence-corrected chi connectivity index (χ1v) is 12.4. The number of aryl methyl sites for hydroxylation is 2. The van der Waals surface area contributed by atoms with Crippen LogP contribution in [0.3, 0.4) is 0 Å². The number of imidazole rings is 1. The van der Waals surface area contributed by atoms with Crippen molar-refractivity contribution in [1.29, 1.82) is 0 Å². The van der Waals surface area contributed by atoms with Crippen molar-refractivity contribution in [2.24, 2.45) is 20.0 Å². The fourth-order valence-electron chi connectivity index (χ4n) is 4.30. The van der Waals surface area contributed by atoms with Gasteiger partial charge in [0.1, 0.15) is 0 Å². The zero-order valence-electron chi connectivity index (χ0n) is 18.9. The van der Waals surface area contributed by atoms with Crippen molar-refractivity contribution < 1.29 is 17.9 Å². The number of nitrogens with zero attached hydrogens (tertiary/aromatic N) is 3. The van der Waals surface area contributed by atoms with Crippen molar-refractivity contribution in [1.82, 2.24) is 9.13 Å². The lowest BCUT2D eigenvalue weighted by Crippen LogP contribution is -2.37. The Balaban J connectivity index is 1.74. The Kier molecular flexibility index (Phi) is 6.20. The summed E-state index contributed by atoms with van der Waals surface area (Å²) < 4.78 is 37.1. The average Bonchev–Trinajstić information content (AvgIpc) is 3.02. The zero-order chi connectivity index (χ0) is 23.8. The molecular formula is C23H28N4O5S. The second-order valence-electron chi connectivity index (χ2n) is 8.19. The number of hydrogen-bond donors (Lipinski definition) is 1. The highest BCUT2D eigenvalue weighted by Gasteiger charge is 2.28. The average molecular weight is 473 g/mol. The number of carbonyl (C=O) groups excluding carboxylic acids is 1. The summed E-state index contributed by atoms with van der Waals surface area (Å²) in [7, 11) is -0.489. The molecule has 0 radical (unpaired) electrons. The smallest absolute Gasteiger partial charge is 0.328 e. The van der Waals surface area contributed by atoms with E-state index in [4.69, 9.17) is 4.74 Å². The van der Waals surface area contributed by atoms with Crippen LogP contribution in [0.15, 0.2) is 52.2 Å². The van der Waals surface area contributed by atoms with E-state index < -0.39 is 10.0 Å². The van der Waals surface area contributed by atoms with Gasteiger partial charge >= 0.3 is 11.7 Å². The van der Waals surface area contributed by atoms with Gasteiger partial charge in [-0.15, -0.1) is 0 Å². The molecule has 2 heterocycles. The van der Waals surface area contributed by atoms with Crippen LogP contribution in [-0.2, 0) is 33.7 Å². The summed E-state index contributed by atoms with van der Waals surface area (Å²) in [5.74, 6) is -0.362. The maximum Gasteiger partial charge on any atom is 0.328 e. The summed E-state index contributed by atoms with van der Waals surface area (Å²) >= 11 is 0. The van der Waals surface area contributed by atoms with Crippen LogP contribution in [0, 0.1) is 5.92 Å². The van der Waals surface area contributed by atoms with Gasteiger partial charge in [-0.05, 0) is 44.0 Å². The lowest BCUT2D eigenvalue weighted by molar-refractivity contribution is -0.148. The summed E-state index contributed by atoms with van der Waals surface area (Å²) in [6.07, 6.45) is 1.21. The van der Waals surface area contributed by atoms with Crippen LogP contribution < -0.4 is 15.3 Å². The van der Waals surface area contributed by atoms with Crippen LogP contribution >= 0.6 is 0 Å². The Morgan fingerprint density at radius 2 is 1.67 bits per heavy atom. The minimum absolute atomic E-state index is 0.152. The summed E-state index contributed by atoms with van der Waals surface area (Å²) in [6, 6.07) is 11.7. The summed E-state index contributed by atoms with van der Waals surface area (Å²) in [5.41, 5.74) is 2.19. The molecule has 33 heavy (non-hydrogen) atoms. The molecule has 0 atom stereocenters. The van der Waals surface area contributed by atoms with Crippen LogP contribution in [0.4, 0.5) is 11.4 Å². The van der Waals surface area contributed by atoms with Crippen molar-refractivity contribution >= 4 is 38.4 Å². The number of rotatable bonds is 6. The van der Waals surface area contributed by atoms with Crippen molar-refractivity contribution in [2.75, 3.05) is 29.3 Å². The van der Waals surface area contributed by atoms with Gasteiger partial charge in [-0.2, -0.15) is 0 Å². The second kappa shape index (κ2) is 8.93. The number of benzene rings is 2. The van der Waals surface area contributed by atoms with Crippen molar-refractivity contribution in [3.63, 3.8) is 0 Å². The highest BCUT2D eigenvalue weighted by atomic mass is 32.2. The number of nitrogens with one attached hydrogen (secondary N) is 1. The number of hydrogen-bond acceptors (Lipinski definition) is 6. The molecule has 0 unspecified atom stereocenters. The highest BCUT2D eigenvalue weighted by molar-refractivity contribution is 7.92. The van der Waals surface area contributed by atoms with Crippen LogP contribution in [-0.4, -0.2) is 43.2 Å². The molecule has 1 N–H and O–H groups in total. The Hall–Kier alpha value is -3.27. The Bertz CT molecular complexity index is 1340. The number of anilines is 2. The largest absolute Gasteiger partial charge is 0.466 e. The minimum atomic E-state index is -3.84. The van der Waals surface area contributed by atoms with Gasteiger partial charge in [0.15, 0.2) is 0 Å². The first-order chi connectivity index (χ1) is 15.7. The molecule has 176 valence electrons. The highest BCUT2D eigenvalue weighted by Crippen LogP contribution is 2.35. The first kappa shape index (κ1) is 22.9. The third-order valence-electron chi connectivity index (χ3n) is 6.14. The van der Waals surface area contributed by atoms with Gasteiger partial charge < -0.3 is 9.64 Å². The van der Waals surface area contributed by atoms with Gasteiger partial charge in [-0.1, -0.05) is 18.2 Å². The molecule has 0 amide bonds. The quantitative estimate of drug-likeness (QED) is 0.553. The molecular weight excluding hydrogens is 444 g/mol. The SMILES string of the molecule is CCOC(=O)C1CCN(c2cc3c(cc2NS(=O)(=O)c2ccccc2)n(C)c(=O)n3C)CC1. The monoisotopic (exact) mass is 472 g/mol. The maximum absolute atomic E-state index is 13.1. The summed E-state index contributed by atoms with van der Waals surface area (Å²) in [5, 5.41) is 0. The third kappa shape index (κ3) is 4.35.